The van der Waals surface area contributed by atoms with Gasteiger partial charge in [0.25, 0.3) is 0 Å². The zero-order valence-electron chi connectivity index (χ0n) is 9.44. The third kappa shape index (κ3) is 5.29. The molecule has 0 fully saturated rings. The van der Waals surface area contributed by atoms with Crippen LogP contribution in [0.2, 0.25) is 0 Å². The average Bonchev–Trinajstić information content (AvgIpc) is 2.02. The van der Waals surface area contributed by atoms with Crippen LogP contribution < -0.4 is 5.32 Å². The highest BCUT2D eigenvalue weighted by molar-refractivity contribution is 5.32. The maximum atomic E-state index is 3.98. The van der Waals surface area contributed by atoms with Gasteiger partial charge in [0.2, 0.25) is 0 Å². The zero-order valence-corrected chi connectivity index (χ0v) is 9.44. The van der Waals surface area contributed by atoms with Crippen molar-refractivity contribution in [1.82, 2.24) is 5.32 Å². The molecule has 0 aromatic carbocycles. The van der Waals surface area contributed by atoms with Crippen LogP contribution in [0, 0.1) is 0 Å². The van der Waals surface area contributed by atoms with Crippen LogP contribution in [0.15, 0.2) is 35.6 Å². The summed E-state index contributed by atoms with van der Waals surface area (Å²) in [5.41, 5.74) is 3.48. The molecular formula is C12H21N. The smallest absolute Gasteiger partial charge is 0.0298 e. The highest BCUT2D eigenvalue weighted by Crippen LogP contribution is 2.08. The van der Waals surface area contributed by atoms with Crippen LogP contribution >= 0.6 is 0 Å². The van der Waals surface area contributed by atoms with Gasteiger partial charge in [-0.2, -0.15) is 0 Å². The number of hydrogen-bond donors (Lipinski definition) is 1. The molecular weight excluding hydrogens is 158 g/mol. The number of nitrogens with one attached hydrogen (secondary N) is 1. The van der Waals surface area contributed by atoms with Crippen molar-refractivity contribution < 1.29 is 0 Å². The lowest BCUT2D eigenvalue weighted by Gasteiger charge is -2.13. The van der Waals surface area contributed by atoms with E-state index in [1.807, 2.05) is 6.92 Å². The summed E-state index contributed by atoms with van der Waals surface area (Å²) in [7, 11) is 0. The van der Waals surface area contributed by atoms with Crippen LogP contribution in [0.25, 0.3) is 0 Å². The Kier molecular flexibility index (Phi) is 5.20. The van der Waals surface area contributed by atoms with Gasteiger partial charge in [-0.05, 0) is 40.2 Å². The average molecular weight is 179 g/mol. The van der Waals surface area contributed by atoms with Crippen molar-refractivity contribution >= 4 is 0 Å². The largest absolute Gasteiger partial charge is 0.383 e. The minimum absolute atomic E-state index is 0.446. The first-order valence-electron chi connectivity index (χ1n) is 4.74. The van der Waals surface area contributed by atoms with Gasteiger partial charge in [0.1, 0.15) is 0 Å². The van der Waals surface area contributed by atoms with Gasteiger partial charge in [-0.25, -0.2) is 0 Å². The Hall–Kier alpha value is -0.980. The van der Waals surface area contributed by atoms with Crippen LogP contribution in [-0.4, -0.2) is 6.04 Å². The minimum atomic E-state index is 0.446. The van der Waals surface area contributed by atoms with E-state index in [0.717, 1.165) is 5.70 Å². The summed E-state index contributed by atoms with van der Waals surface area (Å²) < 4.78 is 0. The normalized spacial score (nSPS) is 13.4. The van der Waals surface area contributed by atoms with Crippen LogP contribution in [0.4, 0.5) is 0 Å². The molecule has 0 bridgehead atoms. The van der Waals surface area contributed by atoms with E-state index >= 15 is 0 Å². The van der Waals surface area contributed by atoms with Crippen LogP contribution in [0.3, 0.4) is 0 Å². The summed E-state index contributed by atoms with van der Waals surface area (Å²) in [5.74, 6) is 0. The molecule has 0 aliphatic rings. The van der Waals surface area contributed by atoms with E-state index < -0.39 is 0 Å². The van der Waals surface area contributed by atoms with Crippen LogP contribution in [-0.2, 0) is 0 Å². The summed E-state index contributed by atoms with van der Waals surface area (Å²) >= 11 is 0. The van der Waals surface area contributed by atoms with Crippen molar-refractivity contribution in [3.05, 3.63) is 35.6 Å². The van der Waals surface area contributed by atoms with Crippen molar-refractivity contribution in [2.45, 2.75) is 40.7 Å². The number of hydrogen-bond acceptors (Lipinski definition) is 1. The van der Waals surface area contributed by atoms with Gasteiger partial charge in [-0.3, -0.25) is 0 Å². The van der Waals surface area contributed by atoms with Gasteiger partial charge in [0.15, 0.2) is 0 Å². The second-order valence-electron chi connectivity index (χ2n) is 3.64. The molecule has 0 amide bonds. The SMILES string of the molecule is C=C(NC(C)C)/C(C)=C/C(C)=C\C. The molecule has 1 nitrogen and oxygen atoms in total. The lowest BCUT2D eigenvalue weighted by molar-refractivity contribution is 0.676. The molecule has 0 aromatic rings. The summed E-state index contributed by atoms with van der Waals surface area (Å²) in [6.07, 6.45) is 4.23. The third-order valence-electron chi connectivity index (χ3n) is 1.84. The quantitative estimate of drug-likeness (QED) is 0.652. The zero-order chi connectivity index (χ0) is 10.4. The Morgan fingerprint density at radius 1 is 1.31 bits per heavy atom. The van der Waals surface area contributed by atoms with E-state index in [1.165, 1.54) is 11.1 Å². The van der Waals surface area contributed by atoms with E-state index in [9.17, 15) is 0 Å². The van der Waals surface area contributed by atoms with E-state index in [1.54, 1.807) is 0 Å². The molecule has 0 heterocycles. The molecule has 0 aromatic heterocycles. The first kappa shape index (κ1) is 12.0. The fraction of sp³-hybridized carbons (Fsp3) is 0.500. The molecule has 0 saturated carbocycles. The summed E-state index contributed by atoms with van der Waals surface area (Å²) in [4.78, 5) is 0. The predicted octanol–water partition coefficient (Wildman–Crippen LogP) is 3.41. The van der Waals surface area contributed by atoms with E-state index in [0.29, 0.717) is 6.04 Å². The Labute approximate surface area is 82.2 Å². The van der Waals surface area contributed by atoms with Crippen molar-refractivity contribution in [1.29, 1.82) is 0 Å². The molecule has 1 heteroatoms. The highest BCUT2D eigenvalue weighted by Gasteiger charge is 1.98. The molecule has 0 aliphatic heterocycles. The maximum Gasteiger partial charge on any atom is 0.0298 e. The molecule has 0 radical (unpaired) electrons. The summed E-state index contributed by atoms with van der Waals surface area (Å²) in [6.45, 7) is 14.4. The van der Waals surface area contributed by atoms with E-state index in [-0.39, 0.29) is 0 Å². The van der Waals surface area contributed by atoms with Gasteiger partial charge in [-0.1, -0.05) is 24.3 Å². The van der Waals surface area contributed by atoms with Crippen LogP contribution in [0.5, 0.6) is 0 Å². The summed E-state index contributed by atoms with van der Waals surface area (Å²) in [5, 5.41) is 3.28. The number of allylic oxidation sites excluding steroid dienone is 4. The molecule has 74 valence electrons. The minimum Gasteiger partial charge on any atom is -0.383 e. The Balaban J connectivity index is 4.34. The highest BCUT2D eigenvalue weighted by atomic mass is 14.9. The van der Waals surface area contributed by atoms with Crippen molar-refractivity contribution in [3.63, 3.8) is 0 Å². The molecule has 0 unspecified atom stereocenters. The number of rotatable bonds is 4. The second-order valence-corrected chi connectivity index (χ2v) is 3.64. The monoisotopic (exact) mass is 179 g/mol. The van der Waals surface area contributed by atoms with E-state index in [2.05, 4.69) is 51.7 Å². The molecule has 13 heavy (non-hydrogen) atoms. The van der Waals surface area contributed by atoms with Gasteiger partial charge in [0.05, 0.1) is 0 Å². The Morgan fingerprint density at radius 3 is 2.23 bits per heavy atom. The van der Waals surface area contributed by atoms with Gasteiger partial charge in [-0.15, -0.1) is 0 Å². The maximum absolute atomic E-state index is 3.98. The van der Waals surface area contributed by atoms with Gasteiger partial charge >= 0.3 is 0 Å². The first-order chi connectivity index (χ1) is 5.97. The predicted molar refractivity (Wildman–Crippen MR) is 60.6 cm³/mol. The Morgan fingerprint density at radius 2 is 1.85 bits per heavy atom. The molecule has 0 aliphatic carbocycles. The van der Waals surface area contributed by atoms with Crippen molar-refractivity contribution in [2.24, 2.45) is 0 Å². The molecule has 0 saturated heterocycles. The lowest BCUT2D eigenvalue weighted by atomic mass is 10.1. The fourth-order valence-electron chi connectivity index (χ4n) is 0.974. The Bertz CT molecular complexity index is 232. The van der Waals surface area contributed by atoms with Crippen molar-refractivity contribution in [2.75, 3.05) is 0 Å². The van der Waals surface area contributed by atoms with E-state index in [4.69, 9.17) is 0 Å². The third-order valence-corrected chi connectivity index (χ3v) is 1.84. The van der Waals surface area contributed by atoms with Gasteiger partial charge < -0.3 is 5.32 Å². The molecule has 0 spiro atoms. The van der Waals surface area contributed by atoms with Gasteiger partial charge in [0, 0.05) is 11.7 Å². The van der Waals surface area contributed by atoms with Crippen LogP contribution in [0.1, 0.15) is 34.6 Å². The standard InChI is InChI=1S/C12H21N/c1-7-10(4)8-11(5)12(6)13-9(2)3/h7-9,13H,6H2,1-5H3/b10-7-,11-8+. The molecule has 1 N–H and O–H groups in total. The lowest BCUT2D eigenvalue weighted by Crippen LogP contribution is -2.21. The fourth-order valence-corrected chi connectivity index (χ4v) is 0.974. The summed E-state index contributed by atoms with van der Waals surface area (Å²) in [6, 6.07) is 0.446. The first-order valence-corrected chi connectivity index (χ1v) is 4.74. The topological polar surface area (TPSA) is 12.0 Å². The molecule has 0 rings (SSSR count). The second kappa shape index (κ2) is 5.63. The molecule has 0 atom stereocenters. The van der Waals surface area contributed by atoms with Crippen molar-refractivity contribution in [3.8, 4) is 0 Å².